The number of carbonyl (C=O) groups excluding carboxylic acids is 1. The lowest BCUT2D eigenvalue weighted by molar-refractivity contribution is -0.123. The maximum atomic E-state index is 10.8. The van der Waals surface area contributed by atoms with Gasteiger partial charge in [-0.05, 0) is 6.42 Å². The van der Waals surface area contributed by atoms with Gasteiger partial charge >= 0.3 is 0 Å². The third-order valence-corrected chi connectivity index (χ3v) is 1.29. The number of carbonyl (C=O) groups is 1. The fourth-order valence-electron chi connectivity index (χ4n) is 0.771. The first-order chi connectivity index (χ1) is 5.81. The Hall–Kier alpha value is -0.450. The molecule has 0 saturated carbocycles. The van der Waals surface area contributed by atoms with Crippen LogP contribution < -0.4 is 0 Å². The minimum absolute atomic E-state index is 0.0337. The quantitative estimate of drug-likeness (QED) is 0.528. The van der Waals surface area contributed by atoms with Crippen LogP contribution in [-0.4, -0.2) is 44.4 Å². The fraction of sp³-hybridized carbons (Fsp3) is 0.875. The van der Waals surface area contributed by atoms with Crippen molar-refractivity contribution in [1.29, 1.82) is 0 Å². The second kappa shape index (κ2) is 8.64. The molecule has 0 radical (unpaired) electrons. The molecule has 0 aromatic heterocycles. The summed E-state index contributed by atoms with van der Waals surface area (Å²) in [5, 5.41) is 8.35. The third-order valence-electron chi connectivity index (χ3n) is 1.29. The van der Waals surface area contributed by atoms with E-state index in [1.54, 1.807) is 0 Å². The molecule has 0 rings (SSSR count). The van der Waals surface area contributed by atoms with Gasteiger partial charge in [0.2, 0.25) is 0 Å². The van der Waals surface area contributed by atoms with Crippen molar-refractivity contribution in [3.8, 4) is 0 Å². The molecule has 0 atom stereocenters. The molecule has 1 N–H and O–H groups in total. The molecule has 0 heterocycles. The minimum Gasteiger partial charge on any atom is -0.394 e. The monoisotopic (exact) mass is 176 g/mol. The molecule has 0 fully saturated rings. The number of ether oxygens (including phenoxy) is 2. The number of rotatable bonds is 8. The Morgan fingerprint density at radius 1 is 1.42 bits per heavy atom. The van der Waals surface area contributed by atoms with Crippen LogP contribution >= 0.6 is 0 Å². The lowest BCUT2D eigenvalue weighted by atomic mass is 10.2. The summed E-state index contributed by atoms with van der Waals surface area (Å²) in [6, 6.07) is 0. The second-order valence-corrected chi connectivity index (χ2v) is 2.41. The van der Waals surface area contributed by atoms with E-state index in [9.17, 15) is 4.79 Å². The van der Waals surface area contributed by atoms with Crippen LogP contribution in [0.25, 0.3) is 0 Å². The standard InChI is InChI=1S/C8H16O4/c1-11-7-8(10)3-2-5-12-6-4-9/h9H,2-7H2,1H3. The van der Waals surface area contributed by atoms with Crippen LogP contribution in [0.15, 0.2) is 0 Å². The van der Waals surface area contributed by atoms with Crippen LogP contribution in [0.5, 0.6) is 0 Å². The van der Waals surface area contributed by atoms with Crippen molar-refractivity contribution in [1.82, 2.24) is 0 Å². The maximum Gasteiger partial charge on any atom is 0.158 e. The Balaban J connectivity index is 3.03. The zero-order valence-electron chi connectivity index (χ0n) is 7.41. The smallest absolute Gasteiger partial charge is 0.158 e. The summed E-state index contributed by atoms with van der Waals surface area (Å²) in [4.78, 5) is 10.8. The van der Waals surface area contributed by atoms with Gasteiger partial charge in [0, 0.05) is 20.1 Å². The van der Waals surface area contributed by atoms with Gasteiger partial charge in [0.1, 0.15) is 6.61 Å². The van der Waals surface area contributed by atoms with Crippen molar-refractivity contribution < 1.29 is 19.4 Å². The van der Waals surface area contributed by atoms with E-state index in [4.69, 9.17) is 9.84 Å². The lowest BCUT2D eigenvalue weighted by Gasteiger charge is -2.01. The summed E-state index contributed by atoms with van der Waals surface area (Å²) < 4.78 is 9.62. The lowest BCUT2D eigenvalue weighted by Crippen LogP contribution is -2.08. The maximum absolute atomic E-state index is 10.8. The van der Waals surface area contributed by atoms with Crippen molar-refractivity contribution in [3.63, 3.8) is 0 Å². The first-order valence-corrected chi connectivity index (χ1v) is 4.00. The fourth-order valence-corrected chi connectivity index (χ4v) is 0.771. The predicted octanol–water partition coefficient (Wildman–Crippen LogP) is -0.00900. The van der Waals surface area contributed by atoms with Crippen LogP contribution in [0.1, 0.15) is 12.8 Å². The molecule has 4 heteroatoms. The van der Waals surface area contributed by atoms with Crippen molar-refractivity contribution in [2.24, 2.45) is 0 Å². The molecule has 0 aliphatic rings. The number of aliphatic hydroxyl groups is 1. The molecular weight excluding hydrogens is 160 g/mol. The highest BCUT2D eigenvalue weighted by Gasteiger charge is 1.99. The predicted molar refractivity (Wildman–Crippen MR) is 44.0 cm³/mol. The summed E-state index contributed by atoms with van der Waals surface area (Å²) in [6.07, 6.45) is 1.18. The van der Waals surface area contributed by atoms with Crippen molar-refractivity contribution in [2.45, 2.75) is 12.8 Å². The van der Waals surface area contributed by atoms with Crippen LogP contribution in [0.2, 0.25) is 0 Å². The molecule has 0 saturated heterocycles. The van der Waals surface area contributed by atoms with E-state index in [0.717, 1.165) is 0 Å². The van der Waals surface area contributed by atoms with Crippen LogP contribution in [0.4, 0.5) is 0 Å². The van der Waals surface area contributed by atoms with Crippen molar-refractivity contribution in [2.75, 3.05) is 33.5 Å². The van der Waals surface area contributed by atoms with Crippen LogP contribution in [0, 0.1) is 0 Å². The molecular formula is C8H16O4. The Bertz CT molecular complexity index is 114. The summed E-state index contributed by atoms with van der Waals surface area (Å²) in [6.45, 7) is 1.08. The van der Waals surface area contributed by atoms with Crippen LogP contribution in [0.3, 0.4) is 0 Å². The Kier molecular flexibility index (Phi) is 8.32. The molecule has 0 unspecified atom stereocenters. The number of Topliss-reactive ketones (excluding diaryl/α,β-unsaturated/α-hetero) is 1. The van der Waals surface area contributed by atoms with Gasteiger partial charge < -0.3 is 14.6 Å². The molecule has 72 valence electrons. The van der Waals surface area contributed by atoms with Gasteiger partial charge in [0.05, 0.1) is 13.2 Å². The van der Waals surface area contributed by atoms with E-state index in [1.165, 1.54) is 7.11 Å². The van der Waals surface area contributed by atoms with E-state index < -0.39 is 0 Å². The SMILES string of the molecule is COCC(=O)CCCOCCO. The van der Waals surface area contributed by atoms with E-state index in [2.05, 4.69) is 4.74 Å². The molecule has 0 bridgehead atoms. The van der Waals surface area contributed by atoms with Gasteiger partial charge in [-0.3, -0.25) is 4.79 Å². The van der Waals surface area contributed by atoms with Gasteiger partial charge in [-0.2, -0.15) is 0 Å². The van der Waals surface area contributed by atoms with Gasteiger partial charge in [0.15, 0.2) is 5.78 Å². The van der Waals surface area contributed by atoms with Gasteiger partial charge in [-0.25, -0.2) is 0 Å². The zero-order valence-corrected chi connectivity index (χ0v) is 7.41. The van der Waals surface area contributed by atoms with E-state index in [-0.39, 0.29) is 19.0 Å². The second-order valence-electron chi connectivity index (χ2n) is 2.41. The number of methoxy groups -OCH3 is 1. The van der Waals surface area contributed by atoms with Crippen molar-refractivity contribution >= 4 is 5.78 Å². The highest BCUT2D eigenvalue weighted by molar-refractivity contribution is 5.79. The van der Waals surface area contributed by atoms with E-state index in [1.807, 2.05) is 0 Å². The zero-order chi connectivity index (χ0) is 9.23. The molecule has 0 aliphatic heterocycles. The summed E-state index contributed by atoms with van der Waals surface area (Å²) in [7, 11) is 1.50. The number of hydrogen-bond donors (Lipinski definition) is 1. The number of hydrogen-bond acceptors (Lipinski definition) is 4. The Labute approximate surface area is 72.5 Å². The van der Waals surface area contributed by atoms with Gasteiger partial charge in [-0.15, -0.1) is 0 Å². The average molecular weight is 176 g/mol. The highest BCUT2D eigenvalue weighted by atomic mass is 16.5. The normalized spacial score (nSPS) is 10.2. The Morgan fingerprint density at radius 3 is 2.75 bits per heavy atom. The molecule has 0 aliphatic carbocycles. The third kappa shape index (κ3) is 7.65. The topological polar surface area (TPSA) is 55.8 Å². The molecule has 0 spiro atoms. The van der Waals surface area contributed by atoms with Gasteiger partial charge in [0.25, 0.3) is 0 Å². The van der Waals surface area contributed by atoms with Crippen molar-refractivity contribution in [3.05, 3.63) is 0 Å². The summed E-state index contributed by atoms with van der Waals surface area (Å²) in [5.74, 6) is 0.0881. The number of ketones is 1. The highest BCUT2D eigenvalue weighted by Crippen LogP contribution is 1.92. The summed E-state index contributed by atoms with van der Waals surface area (Å²) in [5.41, 5.74) is 0. The first-order valence-electron chi connectivity index (χ1n) is 4.00. The van der Waals surface area contributed by atoms with Crippen LogP contribution in [-0.2, 0) is 14.3 Å². The molecule has 0 amide bonds. The molecule has 0 aromatic rings. The largest absolute Gasteiger partial charge is 0.394 e. The molecule has 0 aromatic carbocycles. The van der Waals surface area contributed by atoms with E-state index >= 15 is 0 Å². The molecule has 4 nitrogen and oxygen atoms in total. The van der Waals surface area contributed by atoms with Gasteiger partial charge in [-0.1, -0.05) is 0 Å². The molecule has 12 heavy (non-hydrogen) atoms. The Morgan fingerprint density at radius 2 is 2.17 bits per heavy atom. The number of aliphatic hydroxyl groups excluding tert-OH is 1. The minimum atomic E-state index is 0.0337. The van der Waals surface area contributed by atoms with E-state index in [0.29, 0.717) is 26.1 Å². The summed E-state index contributed by atoms with van der Waals surface area (Å²) >= 11 is 0. The average Bonchev–Trinajstić information content (AvgIpc) is 2.05. The first kappa shape index (κ1) is 11.6.